The molecule has 1 aromatic heterocycles. The van der Waals surface area contributed by atoms with Crippen molar-refractivity contribution in [3.05, 3.63) is 17.5 Å². The molecule has 2 N–H and O–H groups in total. The molecule has 1 atom stereocenters. The van der Waals surface area contributed by atoms with Crippen molar-refractivity contribution in [3.8, 4) is 6.01 Å². The van der Waals surface area contributed by atoms with Gasteiger partial charge in [-0.3, -0.25) is 0 Å². The maximum atomic E-state index is 5.57. The predicted octanol–water partition coefficient (Wildman–Crippen LogP) is 2.06. The molecule has 1 heterocycles. The Hall–Kier alpha value is -1.16. The molecule has 0 spiro atoms. The molecule has 1 rings (SSSR count). The van der Waals surface area contributed by atoms with Gasteiger partial charge in [0.15, 0.2) is 0 Å². The van der Waals surface area contributed by atoms with Gasteiger partial charge in [0, 0.05) is 12.2 Å². The second-order valence-corrected chi connectivity index (χ2v) is 4.19. The van der Waals surface area contributed by atoms with E-state index in [1.54, 1.807) is 0 Å². The first-order chi connectivity index (χ1) is 7.65. The van der Waals surface area contributed by atoms with E-state index in [2.05, 4.69) is 23.8 Å². The number of ether oxygens (including phenoxy) is 1. The van der Waals surface area contributed by atoms with E-state index in [0.717, 1.165) is 17.8 Å². The lowest BCUT2D eigenvalue weighted by atomic mass is 10.1. The maximum Gasteiger partial charge on any atom is 0.316 e. The molecule has 0 saturated heterocycles. The Labute approximate surface area is 97.2 Å². The summed E-state index contributed by atoms with van der Waals surface area (Å²) in [6.07, 6.45) is 2.34. The third-order valence-electron chi connectivity index (χ3n) is 2.37. The lowest BCUT2D eigenvalue weighted by Crippen LogP contribution is -2.11. The molecule has 0 aliphatic heterocycles. The second-order valence-electron chi connectivity index (χ2n) is 4.19. The molecule has 0 aliphatic carbocycles. The highest BCUT2D eigenvalue weighted by atomic mass is 16.5. The highest BCUT2D eigenvalue weighted by molar-refractivity contribution is 5.12. The Kier molecular flexibility index (Phi) is 5.19. The summed E-state index contributed by atoms with van der Waals surface area (Å²) in [5.41, 5.74) is 7.27. The topological polar surface area (TPSA) is 61.0 Å². The van der Waals surface area contributed by atoms with E-state index >= 15 is 0 Å². The Morgan fingerprint density at radius 1 is 1.44 bits per heavy atom. The summed E-state index contributed by atoms with van der Waals surface area (Å²) >= 11 is 0. The van der Waals surface area contributed by atoms with E-state index in [1.807, 2.05) is 13.0 Å². The monoisotopic (exact) mass is 223 g/mol. The number of rotatable bonds is 6. The molecular formula is C12H21N3O. The number of aromatic nitrogens is 2. The third-order valence-corrected chi connectivity index (χ3v) is 2.37. The minimum Gasteiger partial charge on any atom is -0.463 e. The van der Waals surface area contributed by atoms with Crippen molar-refractivity contribution in [2.45, 2.75) is 40.2 Å². The van der Waals surface area contributed by atoms with Gasteiger partial charge in [0.25, 0.3) is 0 Å². The summed E-state index contributed by atoms with van der Waals surface area (Å²) in [6.45, 7) is 7.35. The zero-order valence-electron chi connectivity index (χ0n) is 10.4. The van der Waals surface area contributed by atoms with Crippen LogP contribution in [0.2, 0.25) is 0 Å². The van der Waals surface area contributed by atoms with Crippen LogP contribution in [0, 0.1) is 12.8 Å². The largest absolute Gasteiger partial charge is 0.463 e. The Morgan fingerprint density at radius 3 is 2.81 bits per heavy atom. The minimum atomic E-state index is 0.421. The van der Waals surface area contributed by atoms with Gasteiger partial charge in [-0.1, -0.05) is 20.3 Å². The van der Waals surface area contributed by atoms with E-state index in [1.165, 1.54) is 6.42 Å². The average Bonchev–Trinajstić information content (AvgIpc) is 2.26. The molecule has 0 bridgehead atoms. The van der Waals surface area contributed by atoms with Gasteiger partial charge in [-0.05, 0) is 25.3 Å². The van der Waals surface area contributed by atoms with Crippen LogP contribution in [0.25, 0.3) is 0 Å². The summed E-state index contributed by atoms with van der Waals surface area (Å²) in [4.78, 5) is 8.45. The van der Waals surface area contributed by atoms with Crippen molar-refractivity contribution >= 4 is 0 Å². The number of hydrogen-bond acceptors (Lipinski definition) is 4. The van der Waals surface area contributed by atoms with E-state index in [9.17, 15) is 0 Å². The molecule has 4 nitrogen and oxygen atoms in total. The van der Waals surface area contributed by atoms with Crippen LogP contribution in [0.4, 0.5) is 0 Å². The number of nitrogens with two attached hydrogens (primary N) is 1. The highest BCUT2D eigenvalue weighted by Crippen LogP contribution is 2.10. The van der Waals surface area contributed by atoms with Crippen molar-refractivity contribution in [2.75, 3.05) is 6.61 Å². The smallest absolute Gasteiger partial charge is 0.316 e. The van der Waals surface area contributed by atoms with Gasteiger partial charge in [-0.15, -0.1) is 0 Å². The quantitative estimate of drug-likeness (QED) is 0.802. The SMILES string of the molecule is CCCC(C)COc1nc(C)cc(CN)n1. The summed E-state index contributed by atoms with van der Waals surface area (Å²) in [5.74, 6) is 0.537. The zero-order valence-corrected chi connectivity index (χ0v) is 10.4. The van der Waals surface area contributed by atoms with Gasteiger partial charge in [-0.25, -0.2) is 4.98 Å². The summed E-state index contributed by atoms with van der Waals surface area (Å²) in [7, 11) is 0. The van der Waals surface area contributed by atoms with Crippen LogP contribution in [0.15, 0.2) is 6.07 Å². The molecule has 4 heteroatoms. The fourth-order valence-corrected chi connectivity index (χ4v) is 1.57. The molecule has 1 aromatic rings. The van der Waals surface area contributed by atoms with E-state index in [4.69, 9.17) is 10.5 Å². The van der Waals surface area contributed by atoms with Gasteiger partial charge in [-0.2, -0.15) is 4.98 Å². The fourth-order valence-electron chi connectivity index (χ4n) is 1.57. The van der Waals surface area contributed by atoms with Crippen LogP contribution < -0.4 is 10.5 Å². The normalized spacial score (nSPS) is 12.5. The molecule has 1 unspecified atom stereocenters. The highest BCUT2D eigenvalue weighted by Gasteiger charge is 2.05. The summed E-state index contributed by atoms with van der Waals surface area (Å²) in [6, 6.07) is 2.32. The number of aryl methyl sites for hydroxylation is 1. The molecular weight excluding hydrogens is 202 g/mol. The Morgan fingerprint density at radius 2 is 2.19 bits per heavy atom. The van der Waals surface area contributed by atoms with Gasteiger partial charge < -0.3 is 10.5 Å². The average molecular weight is 223 g/mol. The van der Waals surface area contributed by atoms with Crippen LogP contribution in [0.5, 0.6) is 6.01 Å². The molecule has 0 saturated carbocycles. The fraction of sp³-hybridized carbons (Fsp3) is 0.667. The van der Waals surface area contributed by atoms with Crippen LogP contribution in [0.1, 0.15) is 38.1 Å². The van der Waals surface area contributed by atoms with E-state index < -0.39 is 0 Å². The summed E-state index contributed by atoms with van der Waals surface area (Å²) in [5, 5.41) is 0. The molecule has 16 heavy (non-hydrogen) atoms. The van der Waals surface area contributed by atoms with Crippen molar-refractivity contribution in [2.24, 2.45) is 11.7 Å². The van der Waals surface area contributed by atoms with Gasteiger partial charge in [0.05, 0.1) is 12.3 Å². The number of nitrogens with zero attached hydrogens (tertiary/aromatic N) is 2. The van der Waals surface area contributed by atoms with Gasteiger partial charge >= 0.3 is 6.01 Å². The van der Waals surface area contributed by atoms with Gasteiger partial charge in [0.1, 0.15) is 0 Å². The van der Waals surface area contributed by atoms with Crippen LogP contribution in [-0.4, -0.2) is 16.6 Å². The first-order valence-electron chi connectivity index (χ1n) is 5.83. The minimum absolute atomic E-state index is 0.421. The lowest BCUT2D eigenvalue weighted by molar-refractivity contribution is 0.232. The van der Waals surface area contributed by atoms with Crippen LogP contribution in [-0.2, 0) is 6.54 Å². The lowest BCUT2D eigenvalue weighted by Gasteiger charge is -2.11. The molecule has 0 aromatic carbocycles. The van der Waals surface area contributed by atoms with Crippen molar-refractivity contribution in [1.29, 1.82) is 0 Å². The molecule has 90 valence electrons. The van der Waals surface area contributed by atoms with E-state index in [-0.39, 0.29) is 0 Å². The standard InChI is InChI=1S/C12H21N3O/c1-4-5-9(2)8-16-12-14-10(3)6-11(7-13)15-12/h6,9H,4-5,7-8,13H2,1-3H3. The van der Waals surface area contributed by atoms with E-state index in [0.29, 0.717) is 25.1 Å². The third kappa shape index (κ3) is 4.14. The Bertz CT molecular complexity index is 328. The first-order valence-corrected chi connectivity index (χ1v) is 5.83. The van der Waals surface area contributed by atoms with Crippen molar-refractivity contribution in [3.63, 3.8) is 0 Å². The summed E-state index contributed by atoms with van der Waals surface area (Å²) < 4.78 is 5.57. The molecule has 0 aliphatic rings. The van der Waals surface area contributed by atoms with Crippen LogP contribution in [0.3, 0.4) is 0 Å². The molecule has 0 radical (unpaired) electrons. The first kappa shape index (κ1) is 12.9. The zero-order chi connectivity index (χ0) is 12.0. The molecule has 0 amide bonds. The van der Waals surface area contributed by atoms with Gasteiger partial charge in [0.2, 0.25) is 0 Å². The Balaban J connectivity index is 2.56. The predicted molar refractivity (Wildman–Crippen MR) is 64.2 cm³/mol. The van der Waals surface area contributed by atoms with Crippen molar-refractivity contribution < 1.29 is 4.74 Å². The second kappa shape index (κ2) is 6.43. The van der Waals surface area contributed by atoms with Crippen molar-refractivity contribution in [1.82, 2.24) is 9.97 Å². The maximum absolute atomic E-state index is 5.57. The number of hydrogen-bond donors (Lipinski definition) is 1. The van der Waals surface area contributed by atoms with Crippen LogP contribution >= 0.6 is 0 Å². The molecule has 0 fully saturated rings.